The standard InChI is InChI=1S/C22H21NO4S/c1-22(13-12-16-14-17(27-2)10-11-19(16)22)21(24)23-28(25,26)20-9-5-7-15-6-3-4-8-18(15)20/h3-11,14H,12-13H2,1-2H3,(H,23,24)/t22-/m1/s1. The molecule has 0 saturated carbocycles. The van der Waals surface area contributed by atoms with E-state index in [4.69, 9.17) is 4.74 Å². The van der Waals surface area contributed by atoms with Crippen LogP contribution < -0.4 is 9.46 Å². The number of nitrogens with one attached hydrogen (secondary N) is 1. The monoisotopic (exact) mass is 395 g/mol. The van der Waals surface area contributed by atoms with Gasteiger partial charge in [-0.1, -0.05) is 42.5 Å². The van der Waals surface area contributed by atoms with Crippen molar-refractivity contribution in [2.24, 2.45) is 0 Å². The zero-order valence-electron chi connectivity index (χ0n) is 15.7. The first kappa shape index (κ1) is 18.5. The number of aryl methyl sites for hydroxylation is 1. The molecule has 0 spiro atoms. The number of sulfonamides is 1. The molecule has 0 bridgehead atoms. The first-order valence-electron chi connectivity index (χ1n) is 9.07. The lowest BCUT2D eigenvalue weighted by Crippen LogP contribution is -2.43. The number of carbonyl (C=O) groups is 1. The van der Waals surface area contributed by atoms with Crippen LogP contribution in [0.15, 0.2) is 65.6 Å². The molecule has 0 radical (unpaired) electrons. The van der Waals surface area contributed by atoms with E-state index in [9.17, 15) is 13.2 Å². The molecule has 0 aliphatic heterocycles. The van der Waals surface area contributed by atoms with E-state index in [2.05, 4.69) is 4.72 Å². The summed E-state index contributed by atoms with van der Waals surface area (Å²) in [6, 6.07) is 17.8. The molecule has 0 aromatic heterocycles. The van der Waals surface area contributed by atoms with E-state index < -0.39 is 21.3 Å². The van der Waals surface area contributed by atoms with Crippen molar-refractivity contribution in [3.63, 3.8) is 0 Å². The molecule has 4 rings (SSSR count). The van der Waals surface area contributed by atoms with Gasteiger partial charge in [0.1, 0.15) is 5.75 Å². The maximum atomic E-state index is 13.1. The summed E-state index contributed by atoms with van der Waals surface area (Å²) < 4.78 is 33.6. The second-order valence-corrected chi connectivity index (χ2v) is 8.92. The molecule has 5 nitrogen and oxygen atoms in total. The van der Waals surface area contributed by atoms with Crippen LogP contribution in [0.5, 0.6) is 5.75 Å². The quantitative estimate of drug-likeness (QED) is 0.733. The largest absolute Gasteiger partial charge is 0.497 e. The number of methoxy groups -OCH3 is 1. The highest BCUT2D eigenvalue weighted by atomic mass is 32.2. The number of fused-ring (bicyclic) bond motifs is 2. The lowest BCUT2D eigenvalue weighted by atomic mass is 9.83. The Bertz CT molecular complexity index is 1180. The van der Waals surface area contributed by atoms with Gasteiger partial charge in [0.05, 0.1) is 17.4 Å². The first-order chi connectivity index (χ1) is 13.3. The van der Waals surface area contributed by atoms with Crippen molar-refractivity contribution in [3.8, 4) is 5.75 Å². The van der Waals surface area contributed by atoms with Gasteiger partial charge in [-0.05, 0) is 54.5 Å². The van der Waals surface area contributed by atoms with Gasteiger partial charge in [0.25, 0.3) is 10.0 Å². The van der Waals surface area contributed by atoms with Crippen molar-refractivity contribution in [3.05, 3.63) is 71.8 Å². The zero-order valence-corrected chi connectivity index (χ0v) is 16.5. The summed E-state index contributed by atoms with van der Waals surface area (Å²) in [4.78, 5) is 13.2. The molecule has 144 valence electrons. The fraction of sp³-hybridized carbons (Fsp3) is 0.227. The minimum atomic E-state index is -4.00. The summed E-state index contributed by atoms with van der Waals surface area (Å²) >= 11 is 0. The van der Waals surface area contributed by atoms with Crippen LogP contribution in [0.1, 0.15) is 24.5 Å². The number of hydrogen-bond donors (Lipinski definition) is 1. The van der Waals surface area contributed by atoms with Gasteiger partial charge in [0, 0.05) is 5.39 Å². The summed E-state index contributed by atoms with van der Waals surface area (Å²) in [5, 5.41) is 1.40. The Morgan fingerprint density at radius 3 is 2.61 bits per heavy atom. The SMILES string of the molecule is COc1ccc2c(c1)CC[C@@]2(C)C(=O)NS(=O)(=O)c1cccc2ccccc12. The maximum Gasteiger partial charge on any atom is 0.264 e. The van der Waals surface area contributed by atoms with Gasteiger partial charge in [0.15, 0.2) is 0 Å². The van der Waals surface area contributed by atoms with Crippen LogP contribution in [0, 0.1) is 0 Å². The summed E-state index contributed by atoms with van der Waals surface area (Å²) in [6.07, 6.45) is 1.25. The number of amides is 1. The van der Waals surface area contributed by atoms with Crippen molar-refractivity contribution in [1.82, 2.24) is 4.72 Å². The van der Waals surface area contributed by atoms with Crippen molar-refractivity contribution >= 4 is 26.7 Å². The van der Waals surface area contributed by atoms with Crippen molar-refractivity contribution in [2.75, 3.05) is 7.11 Å². The third kappa shape index (κ3) is 2.94. The van der Waals surface area contributed by atoms with Crippen LogP contribution in [0.4, 0.5) is 0 Å². The van der Waals surface area contributed by atoms with Gasteiger partial charge in [-0.15, -0.1) is 0 Å². The van der Waals surface area contributed by atoms with E-state index in [1.807, 2.05) is 30.3 Å². The lowest BCUT2D eigenvalue weighted by Gasteiger charge is -2.24. The van der Waals surface area contributed by atoms with E-state index >= 15 is 0 Å². The van der Waals surface area contributed by atoms with E-state index in [0.29, 0.717) is 18.2 Å². The molecule has 1 aliphatic rings. The van der Waals surface area contributed by atoms with Crippen molar-refractivity contribution in [1.29, 1.82) is 0 Å². The molecule has 3 aromatic rings. The number of hydrogen-bond acceptors (Lipinski definition) is 4. The predicted molar refractivity (Wildman–Crippen MR) is 108 cm³/mol. The topological polar surface area (TPSA) is 72.5 Å². The van der Waals surface area contributed by atoms with Crippen LogP contribution >= 0.6 is 0 Å². The third-order valence-corrected chi connectivity index (χ3v) is 6.96. The highest BCUT2D eigenvalue weighted by Crippen LogP contribution is 2.40. The smallest absolute Gasteiger partial charge is 0.264 e. The molecule has 0 fully saturated rings. The van der Waals surface area contributed by atoms with Crippen molar-refractivity contribution < 1.29 is 17.9 Å². The van der Waals surface area contributed by atoms with Crippen molar-refractivity contribution in [2.45, 2.75) is 30.1 Å². The number of carbonyl (C=O) groups excluding carboxylic acids is 1. The molecule has 1 aliphatic carbocycles. The number of ether oxygens (including phenoxy) is 1. The van der Waals surface area contributed by atoms with Crippen LogP contribution in [0.3, 0.4) is 0 Å². The predicted octanol–water partition coefficient (Wildman–Crippen LogP) is 3.56. The first-order valence-corrected chi connectivity index (χ1v) is 10.6. The van der Waals surface area contributed by atoms with Gasteiger partial charge in [-0.25, -0.2) is 13.1 Å². The van der Waals surface area contributed by atoms with Crippen LogP contribution in [-0.4, -0.2) is 21.4 Å². The molecular formula is C22H21NO4S. The minimum absolute atomic E-state index is 0.107. The highest BCUT2D eigenvalue weighted by Gasteiger charge is 2.42. The Morgan fingerprint density at radius 1 is 1.07 bits per heavy atom. The molecule has 28 heavy (non-hydrogen) atoms. The molecule has 1 N–H and O–H groups in total. The fourth-order valence-electron chi connectivity index (χ4n) is 3.92. The Labute approximate surface area is 164 Å². The van der Waals surface area contributed by atoms with Crippen LogP contribution in [-0.2, 0) is 26.7 Å². The summed E-state index contributed by atoms with van der Waals surface area (Å²) in [6.45, 7) is 1.79. The number of benzene rings is 3. The Kier molecular flexibility index (Phi) is 4.38. The Morgan fingerprint density at radius 2 is 1.82 bits per heavy atom. The average molecular weight is 395 g/mol. The zero-order chi connectivity index (χ0) is 19.9. The lowest BCUT2D eigenvalue weighted by molar-refractivity contribution is -0.124. The van der Waals surface area contributed by atoms with E-state index in [0.717, 1.165) is 22.3 Å². The molecule has 1 amide bonds. The molecule has 3 aromatic carbocycles. The Balaban J connectivity index is 1.69. The minimum Gasteiger partial charge on any atom is -0.497 e. The summed E-state index contributed by atoms with van der Waals surface area (Å²) in [5.41, 5.74) is 0.956. The molecule has 0 heterocycles. The molecule has 6 heteroatoms. The van der Waals surface area contributed by atoms with Gasteiger partial charge in [-0.2, -0.15) is 0 Å². The molecule has 0 saturated heterocycles. The normalized spacial score (nSPS) is 18.6. The summed E-state index contributed by atoms with van der Waals surface area (Å²) in [7, 11) is -2.40. The Hall–Kier alpha value is -2.86. The van der Waals surface area contributed by atoms with Gasteiger partial charge in [-0.3, -0.25) is 4.79 Å². The second-order valence-electron chi connectivity index (χ2n) is 7.27. The molecule has 1 atom stereocenters. The van der Waals surface area contributed by atoms with Gasteiger partial charge < -0.3 is 4.74 Å². The van der Waals surface area contributed by atoms with Gasteiger partial charge in [0.2, 0.25) is 5.91 Å². The van der Waals surface area contributed by atoms with Gasteiger partial charge >= 0.3 is 0 Å². The highest BCUT2D eigenvalue weighted by molar-refractivity contribution is 7.90. The van der Waals surface area contributed by atoms with E-state index in [1.165, 1.54) is 6.07 Å². The van der Waals surface area contributed by atoms with Crippen LogP contribution in [0.2, 0.25) is 0 Å². The number of rotatable bonds is 4. The van der Waals surface area contributed by atoms with E-state index in [-0.39, 0.29) is 4.90 Å². The maximum absolute atomic E-state index is 13.1. The van der Waals surface area contributed by atoms with Crippen LogP contribution in [0.25, 0.3) is 10.8 Å². The molecular weight excluding hydrogens is 374 g/mol. The summed E-state index contributed by atoms with van der Waals surface area (Å²) in [5.74, 6) is 0.219. The molecule has 0 unspecified atom stereocenters. The van der Waals surface area contributed by atoms with E-state index in [1.54, 1.807) is 38.3 Å². The third-order valence-electron chi connectivity index (χ3n) is 5.57. The fourth-order valence-corrected chi connectivity index (χ4v) is 5.23. The second kappa shape index (κ2) is 6.63. The average Bonchev–Trinajstić information content (AvgIpc) is 3.04.